The number of benzene rings is 1. The fourth-order valence-corrected chi connectivity index (χ4v) is 3.13. The fourth-order valence-electron chi connectivity index (χ4n) is 3.13. The summed E-state index contributed by atoms with van der Waals surface area (Å²) in [6.07, 6.45) is 1.53. The molecule has 0 aliphatic carbocycles. The predicted molar refractivity (Wildman–Crippen MR) is 82.1 cm³/mol. The van der Waals surface area contributed by atoms with Crippen LogP contribution in [0.15, 0.2) is 24.3 Å². The summed E-state index contributed by atoms with van der Waals surface area (Å²) >= 11 is 0. The minimum absolute atomic E-state index is 0.0547. The minimum atomic E-state index is -0.714. The Hall–Kier alpha value is -1.90. The number of aliphatic hydroxyl groups excluding tert-OH is 2. The average molecular weight is 302 g/mol. The van der Waals surface area contributed by atoms with Crippen LogP contribution in [0.1, 0.15) is 42.1 Å². The Morgan fingerprint density at radius 3 is 2.64 bits per heavy atom. The van der Waals surface area contributed by atoms with Gasteiger partial charge in [-0.05, 0) is 37.1 Å². The molecule has 0 unspecified atom stereocenters. The van der Waals surface area contributed by atoms with E-state index in [-0.39, 0.29) is 19.1 Å². The third-order valence-corrected chi connectivity index (χ3v) is 4.59. The standard InChI is InChI=1S/C17H22N2O3/c1-2-7-17(12-20)8-9-19(11-15(17)21)16(22)14-5-3-13(10-18)4-6-14/h3-6,15,20-21H,2,7-9,11-12H2,1H3/t15-,17-/m1/s1. The largest absolute Gasteiger partial charge is 0.396 e. The molecule has 0 bridgehead atoms. The monoisotopic (exact) mass is 302 g/mol. The van der Waals surface area contributed by atoms with Crippen LogP contribution in [0.2, 0.25) is 0 Å². The van der Waals surface area contributed by atoms with E-state index in [0.717, 1.165) is 12.8 Å². The summed E-state index contributed by atoms with van der Waals surface area (Å²) in [5, 5.41) is 28.8. The molecule has 1 amide bonds. The van der Waals surface area contributed by atoms with Crippen LogP contribution in [0.5, 0.6) is 0 Å². The van der Waals surface area contributed by atoms with Crippen molar-refractivity contribution in [2.24, 2.45) is 5.41 Å². The summed E-state index contributed by atoms with van der Waals surface area (Å²) in [5.74, 6) is -0.147. The lowest BCUT2D eigenvalue weighted by Gasteiger charge is -2.44. The van der Waals surface area contributed by atoms with Crippen molar-refractivity contribution in [3.05, 3.63) is 35.4 Å². The van der Waals surface area contributed by atoms with E-state index in [0.29, 0.717) is 24.1 Å². The summed E-state index contributed by atoms with van der Waals surface area (Å²) in [6, 6.07) is 8.51. The lowest BCUT2D eigenvalue weighted by atomic mass is 9.73. The first-order valence-electron chi connectivity index (χ1n) is 7.64. The first kappa shape index (κ1) is 16.5. The zero-order valence-electron chi connectivity index (χ0n) is 12.8. The van der Waals surface area contributed by atoms with Crippen molar-refractivity contribution >= 4 is 5.91 Å². The van der Waals surface area contributed by atoms with E-state index in [9.17, 15) is 15.0 Å². The molecule has 0 aromatic heterocycles. The molecule has 5 nitrogen and oxygen atoms in total. The van der Waals surface area contributed by atoms with E-state index in [1.54, 1.807) is 29.2 Å². The van der Waals surface area contributed by atoms with Crippen molar-refractivity contribution in [2.45, 2.75) is 32.3 Å². The SMILES string of the molecule is CCC[C@]1(CO)CCN(C(=O)c2ccc(C#N)cc2)C[C@H]1O. The Morgan fingerprint density at radius 1 is 1.45 bits per heavy atom. The topological polar surface area (TPSA) is 84.6 Å². The number of hydrogen-bond donors (Lipinski definition) is 2. The molecule has 1 aliphatic rings. The van der Waals surface area contributed by atoms with Gasteiger partial charge in [0, 0.05) is 24.1 Å². The highest BCUT2D eigenvalue weighted by molar-refractivity contribution is 5.94. The number of piperidine rings is 1. The van der Waals surface area contributed by atoms with Gasteiger partial charge in [0.05, 0.1) is 24.3 Å². The number of amides is 1. The number of carbonyl (C=O) groups is 1. The van der Waals surface area contributed by atoms with Gasteiger partial charge in [0.2, 0.25) is 0 Å². The number of rotatable bonds is 4. The molecule has 1 heterocycles. The van der Waals surface area contributed by atoms with Crippen LogP contribution in [0.25, 0.3) is 0 Å². The van der Waals surface area contributed by atoms with Gasteiger partial charge in [-0.2, -0.15) is 5.26 Å². The Balaban J connectivity index is 2.09. The first-order chi connectivity index (χ1) is 10.6. The molecule has 5 heteroatoms. The van der Waals surface area contributed by atoms with Crippen molar-refractivity contribution in [3.8, 4) is 6.07 Å². The van der Waals surface area contributed by atoms with Gasteiger partial charge in [-0.1, -0.05) is 13.3 Å². The average Bonchev–Trinajstić information content (AvgIpc) is 2.56. The molecule has 0 radical (unpaired) electrons. The highest BCUT2D eigenvalue weighted by Gasteiger charge is 2.42. The second kappa shape index (κ2) is 6.91. The molecule has 1 aromatic rings. The van der Waals surface area contributed by atoms with Crippen molar-refractivity contribution in [1.29, 1.82) is 5.26 Å². The van der Waals surface area contributed by atoms with E-state index in [4.69, 9.17) is 5.26 Å². The maximum absolute atomic E-state index is 12.5. The number of likely N-dealkylation sites (tertiary alicyclic amines) is 1. The van der Waals surface area contributed by atoms with E-state index < -0.39 is 11.5 Å². The van der Waals surface area contributed by atoms with Crippen LogP contribution in [0.4, 0.5) is 0 Å². The molecule has 22 heavy (non-hydrogen) atoms. The maximum Gasteiger partial charge on any atom is 0.253 e. The Morgan fingerprint density at radius 2 is 2.14 bits per heavy atom. The lowest BCUT2D eigenvalue weighted by molar-refractivity contribution is -0.0713. The van der Waals surface area contributed by atoms with Crippen LogP contribution < -0.4 is 0 Å². The molecular formula is C17H22N2O3. The highest BCUT2D eigenvalue weighted by atomic mass is 16.3. The Labute approximate surface area is 130 Å². The molecule has 2 atom stereocenters. The summed E-state index contributed by atoms with van der Waals surface area (Å²) in [6.45, 7) is 2.73. The summed E-state index contributed by atoms with van der Waals surface area (Å²) in [5.41, 5.74) is 0.534. The molecule has 1 saturated heterocycles. The van der Waals surface area contributed by atoms with Crippen molar-refractivity contribution in [2.75, 3.05) is 19.7 Å². The number of β-amino-alcohol motifs (C(OH)–C–C–N with tert-alkyl or cyclic N) is 1. The van der Waals surface area contributed by atoms with Crippen molar-refractivity contribution in [1.82, 2.24) is 4.90 Å². The van der Waals surface area contributed by atoms with Gasteiger partial charge in [-0.25, -0.2) is 0 Å². The van der Waals surface area contributed by atoms with E-state index >= 15 is 0 Å². The van der Waals surface area contributed by atoms with Crippen LogP contribution in [-0.2, 0) is 0 Å². The second-order valence-electron chi connectivity index (χ2n) is 5.98. The molecular weight excluding hydrogens is 280 g/mol. The van der Waals surface area contributed by atoms with E-state index in [1.807, 2.05) is 13.0 Å². The first-order valence-corrected chi connectivity index (χ1v) is 7.64. The van der Waals surface area contributed by atoms with E-state index in [2.05, 4.69) is 0 Å². The molecule has 1 aromatic carbocycles. The van der Waals surface area contributed by atoms with Crippen molar-refractivity contribution in [3.63, 3.8) is 0 Å². The zero-order valence-corrected chi connectivity index (χ0v) is 12.8. The van der Waals surface area contributed by atoms with Crippen LogP contribution in [-0.4, -0.2) is 46.8 Å². The third-order valence-electron chi connectivity index (χ3n) is 4.59. The number of hydrogen-bond acceptors (Lipinski definition) is 4. The molecule has 118 valence electrons. The van der Waals surface area contributed by atoms with Gasteiger partial charge in [0.25, 0.3) is 5.91 Å². The molecule has 0 spiro atoms. The molecule has 2 rings (SSSR count). The zero-order chi connectivity index (χ0) is 16.2. The molecule has 0 saturated carbocycles. The van der Waals surface area contributed by atoms with Gasteiger partial charge in [-0.3, -0.25) is 4.79 Å². The summed E-state index contributed by atoms with van der Waals surface area (Å²) in [7, 11) is 0. The maximum atomic E-state index is 12.5. The van der Waals surface area contributed by atoms with Crippen molar-refractivity contribution < 1.29 is 15.0 Å². The summed E-state index contributed by atoms with van der Waals surface area (Å²) < 4.78 is 0. The second-order valence-corrected chi connectivity index (χ2v) is 5.98. The number of carbonyl (C=O) groups excluding carboxylic acids is 1. The van der Waals surface area contributed by atoms with E-state index in [1.165, 1.54) is 0 Å². The number of nitriles is 1. The smallest absolute Gasteiger partial charge is 0.253 e. The van der Waals surface area contributed by atoms with Gasteiger partial charge >= 0.3 is 0 Å². The number of aliphatic hydroxyl groups is 2. The number of nitrogens with zero attached hydrogens (tertiary/aromatic N) is 2. The van der Waals surface area contributed by atoms with Gasteiger partial charge in [0.15, 0.2) is 0 Å². The third kappa shape index (κ3) is 3.13. The normalized spacial score (nSPS) is 24.8. The summed E-state index contributed by atoms with van der Waals surface area (Å²) in [4.78, 5) is 14.1. The molecule has 2 N–H and O–H groups in total. The van der Waals surface area contributed by atoms with Crippen LogP contribution in [0, 0.1) is 16.7 Å². The van der Waals surface area contributed by atoms with Crippen LogP contribution >= 0.6 is 0 Å². The lowest BCUT2D eigenvalue weighted by Crippen LogP contribution is -2.54. The van der Waals surface area contributed by atoms with Crippen LogP contribution in [0.3, 0.4) is 0 Å². The highest BCUT2D eigenvalue weighted by Crippen LogP contribution is 2.36. The minimum Gasteiger partial charge on any atom is -0.396 e. The fraction of sp³-hybridized carbons (Fsp3) is 0.529. The van der Waals surface area contributed by atoms with Gasteiger partial charge in [0.1, 0.15) is 0 Å². The Bertz CT molecular complexity index is 564. The molecule has 1 fully saturated rings. The quantitative estimate of drug-likeness (QED) is 0.883. The predicted octanol–water partition coefficient (Wildman–Crippen LogP) is 1.54. The van der Waals surface area contributed by atoms with Gasteiger partial charge in [-0.15, -0.1) is 0 Å². The Kier molecular flexibility index (Phi) is 5.17. The molecule has 1 aliphatic heterocycles. The van der Waals surface area contributed by atoms with Gasteiger partial charge < -0.3 is 15.1 Å².